The summed E-state index contributed by atoms with van der Waals surface area (Å²) in [5, 5.41) is 3.77. The predicted octanol–water partition coefficient (Wildman–Crippen LogP) is 2.74. The summed E-state index contributed by atoms with van der Waals surface area (Å²) in [6, 6.07) is 7.37. The molecule has 0 saturated carbocycles. The number of hydrogen-bond acceptors (Lipinski definition) is 2. The molecular weight excluding hydrogens is 266 g/mol. The summed E-state index contributed by atoms with van der Waals surface area (Å²) in [4.78, 5) is 23.3. The van der Waals surface area contributed by atoms with Crippen molar-refractivity contribution in [3.63, 3.8) is 0 Å². The fourth-order valence-corrected chi connectivity index (χ4v) is 2.48. The minimum atomic E-state index is -0.446. The lowest BCUT2D eigenvalue weighted by atomic mass is 10.1. The highest BCUT2D eigenvalue weighted by molar-refractivity contribution is 5.99. The van der Waals surface area contributed by atoms with Gasteiger partial charge in [0.2, 0.25) is 5.91 Å². The summed E-state index contributed by atoms with van der Waals surface area (Å²) in [6.45, 7) is 6.64. The quantitative estimate of drug-likeness (QED) is 0.887. The van der Waals surface area contributed by atoms with Gasteiger partial charge in [-0.2, -0.15) is 0 Å². The number of aryl methyl sites for hydroxylation is 1. The Morgan fingerprint density at radius 2 is 2.00 bits per heavy atom. The van der Waals surface area contributed by atoms with Crippen molar-refractivity contribution in [2.45, 2.75) is 33.7 Å². The number of nitrogens with zero attached hydrogens (tertiary/aromatic N) is 1. The van der Waals surface area contributed by atoms with E-state index in [1.807, 2.05) is 43.5 Å². The van der Waals surface area contributed by atoms with Crippen LogP contribution in [-0.4, -0.2) is 16.4 Å². The second-order valence-corrected chi connectivity index (χ2v) is 5.56. The highest BCUT2D eigenvalue weighted by Gasteiger charge is 2.13. The van der Waals surface area contributed by atoms with Gasteiger partial charge in [-0.3, -0.25) is 9.59 Å². The maximum absolute atomic E-state index is 11.8. The number of primary amides is 1. The van der Waals surface area contributed by atoms with Gasteiger partial charge in [0, 0.05) is 29.6 Å². The molecule has 0 aliphatic rings. The number of anilines is 1. The van der Waals surface area contributed by atoms with Gasteiger partial charge in [-0.1, -0.05) is 13.8 Å². The van der Waals surface area contributed by atoms with E-state index >= 15 is 0 Å². The monoisotopic (exact) mass is 287 g/mol. The van der Waals surface area contributed by atoms with Gasteiger partial charge in [-0.15, -0.1) is 0 Å². The third-order valence-electron chi connectivity index (χ3n) is 3.35. The fraction of sp³-hybridized carbons (Fsp3) is 0.375. The third-order valence-corrected chi connectivity index (χ3v) is 3.35. The van der Waals surface area contributed by atoms with Gasteiger partial charge in [0.1, 0.15) is 5.69 Å². The van der Waals surface area contributed by atoms with E-state index in [0.717, 1.165) is 16.6 Å². The van der Waals surface area contributed by atoms with Crippen LogP contribution in [0.4, 0.5) is 5.69 Å². The number of amides is 2. The van der Waals surface area contributed by atoms with Crippen LogP contribution in [0, 0.1) is 5.92 Å². The fourth-order valence-electron chi connectivity index (χ4n) is 2.48. The molecule has 0 aliphatic carbocycles. The first-order valence-corrected chi connectivity index (χ1v) is 7.15. The lowest BCUT2D eigenvalue weighted by molar-refractivity contribution is -0.116. The van der Waals surface area contributed by atoms with Crippen molar-refractivity contribution in [1.29, 1.82) is 0 Å². The molecule has 0 spiro atoms. The summed E-state index contributed by atoms with van der Waals surface area (Å²) in [6.07, 6.45) is 0.487. The van der Waals surface area contributed by atoms with E-state index in [0.29, 0.717) is 24.6 Å². The van der Waals surface area contributed by atoms with Gasteiger partial charge in [0.15, 0.2) is 0 Å². The van der Waals surface area contributed by atoms with Gasteiger partial charge in [0.05, 0.1) is 0 Å². The molecule has 1 aromatic carbocycles. The zero-order valence-corrected chi connectivity index (χ0v) is 12.6. The molecular formula is C16H21N3O2. The van der Waals surface area contributed by atoms with Crippen LogP contribution >= 0.6 is 0 Å². The third kappa shape index (κ3) is 3.24. The molecule has 0 aliphatic heterocycles. The number of carbonyl (C=O) groups excluding carboxylic acids is 2. The molecule has 3 N–H and O–H groups in total. The molecule has 21 heavy (non-hydrogen) atoms. The zero-order chi connectivity index (χ0) is 15.6. The average Bonchev–Trinajstić information content (AvgIpc) is 2.75. The Kier molecular flexibility index (Phi) is 4.31. The zero-order valence-electron chi connectivity index (χ0n) is 12.6. The summed E-state index contributed by atoms with van der Waals surface area (Å²) in [5.41, 5.74) is 7.55. The summed E-state index contributed by atoms with van der Waals surface area (Å²) >= 11 is 0. The smallest absolute Gasteiger partial charge is 0.265 e. The summed E-state index contributed by atoms with van der Waals surface area (Å²) in [5.74, 6) is -0.135. The van der Waals surface area contributed by atoms with Crippen LogP contribution in [0.3, 0.4) is 0 Å². The van der Waals surface area contributed by atoms with E-state index in [1.54, 1.807) is 6.07 Å². The SMILES string of the molecule is CCn1c(C(N)=O)cc2cc(NC(=O)CC(C)C)ccc21. The standard InChI is InChI=1S/C16H21N3O2/c1-4-19-13-6-5-12(18-15(20)7-10(2)3)8-11(13)9-14(19)16(17)21/h5-6,8-10H,4,7H2,1-3H3,(H2,17,21)(H,18,20). The molecule has 5 nitrogen and oxygen atoms in total. The molecule has 1 heterocycles. The van der Waals surface area contributed by atoms with Crippen LogP contribution in [-0.2, 0) is 11.3 Å². The Labute approximate surface area is 124 Å². The average molecular weight is 287 g/mol. The minimum absolute atomic E-state index is 0.00519. The molecule has 5 heteroatoms. The number of hydrogen-bond donors (Lipinski definition) is 2. The summed E-state index contributed by atoms with van der Waals surface area (Å²) < 4.78 is 1.87. The number of fused-ring (bicyclic) bond motifs is 1. The van der Waals surface area contributed by atoms with E-state index in [-0.39, 0.29) is 5.91 Å². The first kappa shape index (κ1) is 15.1. The highest BCUT2D eigenvalue weighted by atomic mass is 16.2. The van der Waals surface area contributed by atoms with Crippen LogP contribution in [0.1, 0.15) is 37.7 Å². The topological polar surface area (TPSA) is 77.1 Å². The summed E-state index contributed by atoms with van der Waals surface area (Å²) in [7, 11) is 0. The molecule has 0 saturated heterocycles. The van der Waals surface area contributed by atoms with Gasteiger partial charge < -0.3 is 15.6 Å². The maximum Gasteiger partial charge on any atom is 0.265 e. The van der Waals surface area contributed by atoms with Crippen molar-refractivity contribution in [2.75, 3.05) is 5.32 Å². The number of aromatic nitrogens is 1. The number of rotatable bonds is 5. The van der Waals surface area contributed by atoms with Crippen LogP contribution in [0.15, 0.2) is 24.3 Å². The van der Waals surface area contributed by atoms with Crippen LogP contribution in [0.25, 0.3) is 10.9 Å². The van der Waals surface area contributed by atoms with E-state index in [4.69, 9.17) is 5.73 Å². The number of nitrogens with one attached hydrogen (secondary N) is 1. The van der Waals surface area contributed by atoms with Crippen molar-refractivity contribution in [2.24, 2.45) is 11.7 Å². The van der Waals surface area contributed by atoms with Gasteiger partial charge in [-0.25, -0.2) is 0 Å². The Balaban J connectivity index is 2.34. The first-order valence-electron chi connectivity index (χ1n) is 7.15. The van der Waals surface area contributed by atoms with Gasteiger partial charge >= 0.3 is 0 Å². The molecule has 0 bridgehead atoms. The Morgan fingerprint density at radius 3 is 2.57 bits per heavy atom. The van der Waals surface area contributed by atoms with Crippen LogP contribution in [0.2, 0.25) is 0 Å². The molecule has 0 fully saturated rings. The number of benzene rings is 1. The van der Waals surface area contributed by atoms with E-state index in [1.165, 1.54) is 0 Å². The second kappa shape index (κ2) is 5.99. The molecule has 2 amide bonds. The largest absolute Gasteiger partial charge is 0.364 e. The van der Waals surface area contributed by atoms with Crippen molar-refractivity contribution in [1.82, 2.24) is 4.57 Å². The lowest BCUT2D eigenvalue weighted by Crippen LogP contribution is -2.16. The molecule has 0 radical (unpaired) electrons. The van der Waals surface area contributed by atoms with Gasteiger partial charge in [-0.05, 0) is 37.1 Å². The Morgan fingerprint density at radius 1 is 1.29 bits per heavy atom. The van der Waals surface area contributed by atoms with Crippen molar-refractivity contribution >= 4 is 28.4 Å². The predicted molar refractivity (Wildman–Crippen MR) is 84.2 cm³/mol. The van der Waals surface area contributed by atoms with Crippen LogP contribution < -0.4 is 11.1 Å². The minimum Gasteiger partial charge on any atom is -0.364 e. The first-order chi connectivity index (χ1) is 9.92. The normalized spacial score (nSPS) is 11.0. The molecule has 0 unspecified atom stereocenters. The highest BCUT2D eigenvalue weighted by Crippen LogP contribution is 2.23. The Hall–Kier alpha value is -2.30. The van der Waals surface area contributed by atoms with Crippen molar-refractivity contribution in [3.8, 4) is 0 Å². The Bertz CT molecular complexity index is 686. The van der Waals surface area contributed by atoms with Crippen LogP contribution in [0.5, 0.6) is 0 Å². The molecule has 2 rings (SSSR count). The second-order valence-electron chi connectivity index (χ2n) is 5.56. The number of nitrogens with two attached hydrogens (primary N) is 1. The maximum atomic E-state index is 11.8. The molecule has 0 atom stereocenters. The lowest BCUT2D eigenvalue weighted by Gasteiger charge is -2.08. The van der Waals surface area contributed by atoms with E-state index in [9.17, 15) is 9.59 Å². The number of carbonyl (C=O) groups is 2. The van der Waals surface area contributed by atoms with Crippen molar-refractivity contribution < 1.29 is 9.59 Å². The van der Waals surface area contributed by atoms with E-state index < -0.39 is 5.91 Å². The molecule has 112 valence electrons. The van der Waals surface area contributed by atoms with Crippen molar-refractivity contribution in [3.05, 3.63) is 30.0 Å². The molecule has 2 aromatic rings. The van der Waals surface area contributed by atoms with E-state index in [2.05, 4.69) is 5.32 Å². The van der Waals surface area contributed by atoms with Gasteiger partial charge in [0.25, 0.3) is 5.91 Å². The molecule has 1 aromatic heterocycles.